The van der Waals surface area contributed by atoms with Crippen LogP contribution in [-0.2, 0) is 0 Å². The summed E-state index contributed by atoms with van der Waals surface area (Å²) in [6, 6.07) is 2.90. The van der Waals surface area contributed by atoms with E-state index < -0.39 is 0 Å². The van der Waals surface area contributed by atoms with Gasteiger partial charge in [0.25, 0.3) is 5.91 Å². The van der Waals surface area contributed by atoms with Gasteiger partial charge in [-0.15, -0.1) is 0 Å². The maximum absolute atomic E-state index is 12.0. The first-order valence-corrected chi connectivity index (χ1v) is 6.08. The fourth-order valence-electron chi connectivity index (χ4n) is 1.88. The largest absolute Gasteiger partial charge is 0.347 e. The molecule has 0 spiro atoms. The molecule has 2 N–H and O–H groups in total. The number of carbonyl (C=O) groups is 1. The third-order valence-corrected chi connectivity index (χ3v) is 3.46. The third-order valence-electron chi connectivity index (χ3n) is 3.46. The molecule has 1 rings (SSSR count). The minimum atomic E-state index is -0.200. The van der Waals surface area contributed by atoms with E-state index in [2.05, 4.69) is 31.1 Å². The molecule has 4 heteroatoms. The molecule has 1 amide bonds. The lowest BCUT2D eigenvalue weighted by Gasteiger charge is -2.31. The summed E-state index contributed by atoms with van der Waals surface area (Å²) >= 11 is 0. The van der Waals surface area contributed by atoms with Gasteiger partial charge in [-0.1, -0.05) is 20.8 Å². The first-order valence-electron chi connectivity index (χ1n) is 6.08. The first kappa shape index (κ1) is 13.5. The van der Waals surface area contributed by atoms with Gasteiger partial charge >= 0.3 is 0 Å². The van der Waals surface area contributed by atoms with Gasteiger partial charge in [-0.3, -0.25) is 9.59 Å². The summed E-state index contributed by atoms with van der Waals surface area (Å²) < 4.78 is 0. The molecular weight excluding hydrogens is 216 g/mol. The van der Waals surface area contributed by atoms with E-state index in [0.717, 1.165) is 19.3 Å². The molecule has 0 bridgehead atoms. The summed E-state index contributed by atoms with van der Waals surface area (Å²) in [5.41, 5.74) is 0.145. The van der Waals surface area contributed by atoms with Crippen molar-refractivity contribution in [1.82, 2.24) is 10.3 Å². The van der Waals surface area contributed by atoms with Crippen LogP contribution in [-0.4, -0.2) is 16.4 Å². The summed E-state index contributed by atoms with van der Waals surface area (Å²) in [6.45, 7) is 6.21. The normalized spacial score (nSPS) is 11.2. The Balaban J connectivity index is 2.84. The van der Waals surface area contributed by atoms with Crippen LogP contribution in [0, 0.1) is 0 Å². The minimum Gasteiger partial charge on any atom is -0.347 e. The lowest BCUT2D eigenvalue weighted by atomic mass is 9.89. The summed E-state index contributed by atoms with van der Waals surface area (Å²) in [7, 11) is 0. The van der Waals surface area contributed by atoms with Crippen LogP contribution in [0.5, 0.6) is 0 Å². The Hall–Kier alpha value is -1.58. The molecule has 0 aliphatic heterocycles. The maximum atomic E-state index is 12.0. The van der Waals surface area contributed by atoms with Gasteiger partial charge in [0.1, 0.15) is 0 Å². The molecule has 0 aliphatic rings. The quantitative estimate of drug-likeness (QED) is 0.822. The standard InChI is InChI=1S/C13H20N2O2/c1-4-13(5-2,6-3)15-12(17)10-7-8-11(16)14-9-10/h7-9H,4-6H2,1-3H3,(H,14,16)(H,15,17). The van der Waals surface area contributed by atoms with Gasteiger partial charge < -0.3 is 10.3 Å². The topological polar surface area (TPSA) is 62.0 Å². The number of rotatable bonds is 5. The molecule has 0 fully saturated rings. The summed E-state index contributed by atoms with van der Waals surface area (Å²) in [5, 5.41) is 3.05. The van der Waals surface area contributed by atoms with Crippen molar-refractivity contribution < 1.29 is 4.79 Å². The number of aromatic nitrogens is 1. The number of H-pyrrole nitrogens is 1. The maximum Gasteiger partial charge on any atom is 0.253 e. The molecule has 0 atom stereocenters. The molecule has 1 aromatic heterocycles. The highest BCUT2D eigenvalue weighted by Gasteiger charge is 2.26. The summed E-state index contributed by atoms with van der Waals surface area (Å²) in [6.07, 6.45) is 4.14. The molecule has 0 aliphatic carbocycles. The molecule has 4 nitrogen and oxygen atoms in total. The van der Waals surface area contributed by atoms with Gasteiger partial charge in [0.2, 0.25) is 5.56 Å². The predicted molar refractivity (Wildman–Crippen MR) is 68.1 cm³/mol. The average molecular weight is 236 g/mol. The highest BCUT2D eigenvalue weighted by Crippen LogP contribution is 2.19. The number of pyridine rings is 1. The van der Waals surface area contributed by atoms with E-state index in [4.69, 9.17) is 0 Å². The molecule has 0 saturated heterocycles. The number of amides is 1. The molecule has 94 valence electrons. The second kappa shape index (κ2) is 5.66. The van der Waals surface area contributed by atoms with Gasteiger partial charge in [0, 0.05) is 17.8 Å². The lowest BCUT2D eigenvalue weighted by Crippen LogP contribution is -2.47. The Morgan fingerprint density at radius 2 is 1.82 bits per heavy atom. The van der Waals surface area contributed by atoms with E-state index in [1.807, 2.05) is 0 Å². The fraction of sp³-hybridized carbons (Fsp3) is 0.538. The molecule has 17 heavy (non-hydrogen) atoms. The van der Waals surface area contributed by atoms with Gasteiger partial charge in [-0.2, -0.15) is 0 Å². The molecule has 0 radical (unpaired) electrons. The van der Waals surface area contributed by atoms with E-state index in [1.54, 1.807) is 6.07 Å². The molecular formula is C13H20N2O2. The predicted octanol–water partition coefficient (Wildman–Crippen LogP) is 2.07. The monoisotopic (exact) mass is 236 g/mol. The second-order valence-electron chi connectivity index (χ2n) is 4.24. The van der Waals surface area contributed by atoms with Crippen molar-refractivity contribution in [3.8, 4) is 0 Å². The Bertz CT molecular complexity index is 405. The van der Waals surface area contributed by atoms with Gasteiger partial charge in [0.05, 0.1) is 5.56 Å². The van der Waals surface area contributed by atoms with Crippen molar-refractivity contribution in [2.24, 2.45) is 0 Å². The van der Waals surface area contributed by atoms with Crippen molar-refractivity contribution in [1.29, 1.82) is 0 Å². The van der Waals surface area contributed by atoms with Crippen LogP contribution >= 0.6 is 0 Å². The number of nitrogens with one attached hydrogen (secondary N) is 2. The van der Waals surface area contributed by atoms with Gasteiger partial charge in [-0.05, 0) is 25.3 Å². The molecule has 0 saturated carbocycles. The summed E-state index contributed by atoms with van der Waals surface area (Å²) in [5.74, 6) is -0.133. The SMILES string of the molecule is CCC(CC)(CC)NC(=O)c1ccc(=O)[nH]c1. The highest BCUT2D eigenvalue weighted by molar-refractivity contribution is 5.94. The van der Waals surface area contributed by atoms with Crippen molar-refractivity contribution in [3.05, 3.63) is 34.2 Å². The number of aromatic amines is 1. The number of carbonyl (C=O) groups excluding carboxylic acids is 1. The zero-order chi connectivity index (χ0) is 12.9. The lowest BCUT2D eigenvalue weighted by molar-refractivity contribution is 0.0888. The Labute approximate surface area is 101 Å². The van der Waals surface area contributed by atoms with Crippen molar-refractivity contribution in [2.45, 2.75) is 45.6 Å². The van der Waals surface area contributed by atoms with Crippen LogP contribution in [0.1, 0.15) is 50.4 Å². The molecule has 0 unspecified atom stereocenters. The van der Waals surface area contributed by atoms with Crippen molar-refractivity contribution in [3.63, 3.8) is 0 Å². The molecule has 1 heterocycles. The van der Waals surface area contributed by atoms with Crippen molar-refractivity contribution >= 4 is 5.91 Å². The van der Waals surface area contributed by atoms with Gasteiger partial charge in [-0.25, -0.2) is 0 Å². The van der Waals surface area contributed by atoms with E-state index in [0.29, 0.717) is 5.56 Å². The minimum absolute atomic E-state index is 0.133. The van der Waals surface area contributed by atoms with E-state index >= 15 is 0 Å². The van der Waals surface area contributed by atoms with Crippen molar-refractivity contribution in [2.75, 3.05) is 0 Å². The molecule has 0 aromatic carbocycles. The Morgan fingerprint density at radius 3 is 2.24 bits per heavy atom. The van der Waals surface area contributed by atoms with Crippen LogP contribution in [0.3, 0.4) is 0 Å². The zero-order valence-corrected chi connectivity index (χ0v) is 10.7. The zero-order valence-electron chi connectivity index (χ0n) is 10.7. The fourth-order valence-corrected chi connectivity index (χ4v) is 1.88. The first-order chi connectivity index (χ1) is 8.06. The van der Waals surface area contributed by atoms with Crippen LogP contribution in [0.2, 0.25) is 0 Å². The number of hydrogen-bond acceptors (Lipinski definition) is 2. The van der Waals surface area contributed by atoms with Crippen LogP contribution in [0.4, 0.5) is 0 Å². The van der Waals surface area contributed by atoms with E-state index in [-0.39, 0.29) is 17.0 Å². The molecule has 1 aromatic rings. The van der Waals surface area contributed by atoms with Gasteiger partial charge in [0.15, 0.2) is 0 Å². The summed E-state index contributed by atoms with van der Waals surface area (Å²) in [4.78, 5) is 25.4. The van der Waals surface area contributed by atoms with Crippen LogP contribution < -0.4 is 10.9 Å². The Kier molecular flexibility index (Phi) is 4.49. The Morgan fingerprint density at radius 1 is 1.24 bits per heavy atom. The highest BCUT2D eigenvalue weighted by atomic mass is 16.2. The third kappa shape index (κ3) is 3.19. The van der Waals surface area contributed by atoms with E-state index in [1.165, 1.54) is 12.3 Å². The average Bonchev–Trinajstić information content (AvgIpc) is 2.37. The van der Waals surface area contributed by atoms with E-state index in [9.17, 15) is 9.59 Å². The van der Waals surface area contributed by atoms with Crippen LogP contribution in [0.25, 0.3) is 0 Å². The smallest absolute Gasteiger partial charge is 0.253 e. The van der Waals surface area contributed by atoms with Crippen LogP contribution in [0.15, 0.2) is 23.1 Å². The second-order valence-corrected chi connectivity index (χ2v) is 4.24. The number of hydrogen-bond donors (Lipinski definition) is 2.